The fourth-order valence-electron chi connectivity index (χ4n) is 3.57. The highest BCUT2D eigenvalue weighted by Gasteiger charge is 2.52. The van der Waals surface area contributed by atoms with Crippen molar-refractivity contribution in [2.75, 3.05) is 0 Å². The van der Waals surface area contributed by atoms with Crippen LogP contribution < -0.4 is 5.32 Å². The minimum Gasteiger partial charge on any atom is -0.459 e. The molecule has 4 heteroatoms. The van der Waals surface area contributed by atoms with Gasteiger partial charge in [-0.3, -0.25) is 10.1 Å². The van der Waals surface area contributed by atoms with Crippen LogP contribution in [-0.4, -0.2) is 17.3 Å². The molecule has 1 aliphatic rings. The van der Waals surface area contributed by atoms with Crippen molar-refractivity contribution in [3.05, 3.63) is 107 Å². The first-order chi connectivity index (χ1) is 13.7. The van der Waals surface area contributed by atoms with Crippen LogP contribution in [-0.2, 0) is 29.1 Å². The molecule has 0 radical (unpaired) electrons. The van der Waals surface area contributed by atoms with E-state index < -0.39 is 11.5 Å². The number of esters is 1. The number of fused-ring (bicyclic) bond motifs is 1. The van der Waals surface area contributed by atoms with E-state index >= 15 is 0 Å². The van der Waals surface area contributed by atoms with Crippen LogP contribution in [0.2, 0.25) is 0 Å². The number of ether oxygens (including phenoxy) is 1. The molecule has 0 spiro atoms. The quantitative estimate of drug-likeness (QED) is 0.530. The molecule has 0 fully saturated rings. The summed E-state index contributed by atoms with van der Waals surface area (Å²) in [6.45, 7) is 0.541. The molecule has 0 saturated carbocycles. The molecule has 1 unspecified atom stereocenters. The largest absolute Gasteiger partial charge is 0.459 e. The summed E-state index contributed by atoms with van der Waals surface area (Å²) in [5, 5.41) is 3.22. The molecule has 1 atom stereocenters. The second kappa shape index (κ2) is 7.79. The van der Waals surface area contributed by atoms with Crippen molar-refractivity contribution in [2.24, 2.45) is 0 Å². The Kier molecular flexibility index (Phi) is 5.04. The first kappa shape index (κ1) is 18.1. The second-order valence-corrected chi connectivity index (χ2v) is 6.97. The fourth-order valence-corrected chi connectivity index (χ4v) is 3.57. The SMILES string of the molecule is O=C(OCc1ccccc1)C1(NCc2ccccc2)Cc2ccccc2C1=O. The van der Waals surface area contributed by atoms with Crippen molar-refractivity contribution < 1.29 is 14.3 Å². The van der Waals surface area contributed by atoms with Crippen LogP contribution in [0, 0.1) is 0 Å². The molecule has 1 aliphatic carbocycles. The van der Waals surface area contributed by atoms with Crippen molar-refractivity contribution in [1.29, 1.82) is 0 Å². The van der Waals surface area contributed by atoms with Crippen LogP contribution in [0.4, 0.5) is 0 Å². The third-order valence-corrected chi connectivity index (χ3v) is 5.10. The number of benzene rings is 3. The maximum absolute atomic E-state index is 13.2. The standard InChI is InChI=1S/C24H21NO3/c26-22-21-14-8-7-13-20(21)15-24(22,25-16-18-9-3-1-4-10-18)23(27)28-17-19-11-5-2-6-12-19/h1-14,25H,15-17H2. The summed E-state index contributed by atoms with van der Waals surface area (Å²) in [6.07, 6.45) is 0.294. The van der Waals surface area contributed by atoms with E-state index in [2.05, 4.69) is 5.32 Å². The second-order valence-electron chi connectivity index (χ2n) is 6.97. The molecule has 1 N–H and O–H groups in total. The molecular weight excluding hydrogens is 350 g/mol. The molecule has 140 valence electrons. The van der Waals surface area contributed by atoms with Gasteiger partial charge in [-0.25, -0.2) is 4.79 Å². The van der Waals surface area contributed by atoms with Gasteiger partial charge in [0, 0.05) is 18.5 Å². The molecule has 0 aromatic heterocycles. The van der Waals surface area contributed by atoms with E-state index in [0.717, 1.165) is 16.7 Å². The third kappa shape index (κ3) is 3.47. The minimum absolute atomic E-state index is 0.137. The molecule has 3 aromatic rings. The Hall–Kier alpha value is -3.24. The molecule has 28 heavy (non-hydrogen) atoms. The predicted octanol–water partition coefficient (Wildman–Crippen LogP) is 3.70. The van der Waals surface area contributed by atoms with Gasteiger partial charge in [0.15, 0.2) is 11.3 Å². The summed E-state index contributed by atoms with van der Waals surface area (Å²) in [6, 6.07) is 26.6. The Bertz CT molecular complexity index is 985. The average Bonchev–Trinajstić information content (AvgIpc) is 3.05. The normalized spacial score (nSPS) is 17.9. The van der Waals surface area contributed by atoms with Gasteiger partial charge in [0.05, 0.1) is 0 Å². The summed E-state index contributed by atoms with van der Waals surface area (Å²) >= 11 is 0. The number of Topliss-reactive ketones (excluding diaryl/α,β-unsaturated/α-hetero) is 1. The van der Waals surface area contributed by atoms with Crippen molar-refractivity contribution in [3.63, 3.8) is 0 Å². The van der Waals surface area contributed by atoms with E-state index in [1.807, 2.05) is 78.9 Å². The summed E-state index contributed by atoms with van der Waals surface area (Å²) in [5.74, 6) is -0.759. The van der Waals surface area contributed by atoms with Gasteiger partial charge in [0.2, 0.25) is 0 Å². The summed E-state index contributed by atoms with van der Waals surface area (Å²) < 4.78 is 5.58. The van der Waals surface area contributed by atoms with Gasteiger partial charge < -0.3 is 4.74 Å². The fraction of sp³-hybridized carbons (Fsp3) is 0.167. The Morgan fingerprint density at radius 3 is 2.14 bits per heavy atom. The van der Waals surface area contributed by atoms with E-state index in [9.17, 15) is 9.59 Å². The zero-order valence-corrected chi connectivity index (χ0v) is 15.4. The lowest BCUT2D eigenvalue weighted by Gasteiger charge is -2.27. The lowest BCUT2D eigenvalue weighted by Crippen LogP contribution is -2.57. The number of hydrogen-bond acceptors (Lipinski definition) is 4. The van der Waals surface area contributed by atoms with E-state index in [1.54, 1.807) is 6.07 Å². The predicted molar refractivity (Wildman–Crippen MR) is 107 cm³/mol. The van der Waals surface area contributed by atoms with Gasteiger partial charge in [-0.2, -0.15) is 0 Å². The highest BCUT2D eigenvalue weighted by atomic mass is 16.5. The Morgan fingerprint density at radius 1 is 0.857 bits per heavy atom. The maximum atomic E-state index is 13.2. The topological polar surface area (TPSA) is 55.4 Å². The van der Waals surface area contributed by atoms with Crippen molar-refractivity contribution in [3.8, 4) is 0 Å². The Labute approximate surface area is 164 Å². The van der Waals surface area contributed by atoms with Crippen LogP contribution in [0.15, 0.2) is 84.9 Å². The van der Waals surface area contributed by atoms with Gasteiger partial charge >= 0.3 is 5.97 Å². The number of carbonyl (C=O) groups excluding carboxylic acids is 2. The van der Waals surface area contributed by atoms with E-state index in [4.69, 9.17) is 4.74 Å². The zero-order valence-electron chi connectivity index (χ0n) is 15.4. The monoisotopic (exact) mass is 371 g/mol. The summed E-state index contributed by atoms with van der Waals surface area (Å²) in [7, 11) is 0. The summed E-state index contributed by atoms with van der Waals surface area (Å²) in [4.78, 5) is 26.4. The number of rotatable bonds is 6. The molecule has 4 nitrogen and oxygen atoms in total. The van der Waals surface area contributed by atoms with Crippen LogP contribution in [0.5, 0.6) is 0 Å². The lowest BCUT2D eigenvalue weighted by molar-refractivity contribution is -0.150. The van der Waals surface area contributed by atoms with Crippen LogP contribution in [0.3, 0.4) is 0 Å². The van der Waals surface area contributed by atoms with Crippen molar-refractivity contribution >= 4 is 11.8 Å². The Morgan fingerprint density at radius 2 is 1.46 bits per heavy atom. The van der Waals surface area contributed by atoms with Gasteiger partial charge in [-0.1, -0.05) is 84.9 Å². The van der Waals surface area contributed by atoms with Crippen molar-refractivity contribution in [2.45, 2.75) is 25.1 Å². The molecule has 3 aromatic carbocycles. The van der Waals surface area contributed by atoms with E-state index in [0.29, 0.717) is 18.5 Å². The Balaban J connectivity index is 1.58. The lowest BCUT2D eigenvalue weighted by atomic mass is 9.93. The van der Waals surface area contributed by atoms with E-state index in [-0.39, 0.29) is 12.4 Å². The molecular formula is C24H21NO3. The molecule has 4 rings (SSSR count). The molecule has 0 aliphatic heterocycles. The molecule has 0 bridgehead atoms. The third-order valence-electron chi connectivity index (χ3n) is 5.10. The van der Waals surface area contributed by atoms with Gasteiger partial charge in [0.25, 0.3) is 0 Å². The van der Waals surface area contributed by atoms with Gasteiger partial charge in [-0.05, 0) is 16.7 Å². The number of nitrogens with one attached hydrogen (secondary N) is 1. The molecule has 0 saturated heterocycles. The average molecular weight is 371 g/mol. The molecule has 0 heterocycles. The van der Waals surface area contributed by atoms with Crippen LogP contribution >= 0.6 is 0 Å². The van der Waals surface area contributed by atoms with Gasteiger partial charge in [-0.15, -0.1) is 0 Å². The smallest absolute Gasteiger partial charge is 0.335 e. The number of ketones is 1. The van der Waals surface area contributed by atoms with Crippen LogP contribution in [0.1, 0.15) is 27.0 Å². The number of hydrogen-bond donors (Lipinski definition) is 1. The highest BCUT2D eigenvalue weighted by Crippen LogP contribution is 2.32. The van der Waals surface area contributed by atoms with Crippen LogP contribution in [0.25, 0.3) is 0 Å². The first-order valence-electron chi connectivity index (χ1n) is 9.32. The number of carbonyl (C=O) groups is 2. The first-order valence-corrected chi connectivity index (χ1v) is 9.32. The van der Waals surface area contributed by atoms with Gasteiger partial charge in [0.1, 0.15) is 6.61 Å². The maximum Gasteiger partial charge on any atom is 0.335 e. The van der Waals surface area contributed by atoms with Crippen molar-refractivity contribution in [1.82, 2.24) is 5.32 Å². The van der Waals surface area contributed by atoms with E-state index in [1.165, 1.54) is 0 Å². The highest BCUT2D eigenvalue weighted by molar-refractivity contribution is 6.20. The minimum atomic E-state index is -1.39. The zero-order chi connectivity index (χ0) is 19.4. The summed E-state index contributed by atoms with van der Waals surface area (Å²) in [5.41, 5.74) is 1.94. The molecule has 0 amide bonds.